The molecule has 1 heterocycles. The molecule has 2 aromatic rings. The molecular formula is C20H30N4O3. The molecule has 1 unspecified atom stereocenters. The summed E-state index contributed by atoms with van der Waals surface area (Å²) < 4.78 is 16.9. The second kappa shape index (κ2) is 9.30. The Bertz CT molecular complexity index is 750. The number of ether oxygens (including phenoxy) is 2. The summed E-state index contributed by atoms with van der Waals surface area (Å²) >= 11 is 0. The van der Waals surface area contributed by atoms with Crippen LogP contribution in [-0.4, -0.2) is 37.7 Å². The standard InChI is InChI=1S/C20H30N4O3/c1-14(26-16-9-7-8-15(10-16)25-6)11-23-19(21-5)24-13-18-22-12-17(27-18)20(2,3)4/h7-10,12,14H,11,13H2,1-6H3,(H2,21,23,24). The van der Waals surface area contributed by atoms with Crippen LogP contribution in [0.1, 0.15) is 39.3 Å². The normalized spacial score (nSPS) is 13.2. The van der Waals surface area contributed by atoms with Crippen molar-refractivity contribution in [2.45, 2.75) is 45.8 Å². The quantitative estimate of drug-likeness (QED) is 0.572. The third-order valence-electron chi connectivity index (χ3n) is 3.86. The molecule has 2 N–H and O–H groups in total. The van der Waals surface area contributed by atoms with E-state index in [1.165, 1.54) is 0 Å². The zero-order valence-electron chi connectivity index (χ0n) is 17.0. The minimum absolute atomic E-state index is 0.0510. The highest BCUT2D eigenvalue weighted by molar-refractivity contribution is 5.79. The summed E-state index contributed by atoms with van der Waals surface area (Å²) in [5.41, 5.74) is -0.0575. The molecule has 0 saturated carbocycles. The van der Waals surface area contributed by atoms with Crippen LogP contribution in [0.2, 0.25) is 0 Å². The van der Waals surface area contributed by atoms with Gasteiger partial charge in [-0.15, -0.1) is 0 Å². The molecule has 7 nitrogen and oxygen atoms in total. The third kappa shape index (κ3) is 6.51. The Balaban J connectivity index is 1.80. The fourth-order valence-electron chi connectivity index (χ4n) is 2.31. The summed E-state index contributed by atoms with van der Waals surface area (Å²) in [6, 6.07) is 7.55. The molecule has 0 bridgehead atoms. The number of benzene rings is 1. The number of nitrogens with one attached hydrogen (secondary N) is 2. The maximum absolute atomic E-state index is 5.90. The topological polar surface area (TPSA) is 80.9 Å². The van der Waals surface area contributed by atoms with Gasteiger partial charge in [0, 0.05) is 18.5 Å². The van der Waals surface area contributed by atoms with Crippen molar-refractivity contribution in [3.05, 3.63) is 42.1 Å². The van der Waals surface area contributed by atoms with Crippen LogP contribution in [0.5, 0.6) is 11.5 Å². The number of aliphatic imine (C=N–C) groups is 1. The molecule has 0 radical (unpaired) electrons. The lowest BCUT2D eigenvalue weighted by Crippen LogP contribution is -2.41. The third-order valence-corrected chi connectivity index (χ3v) is 3.86. The van der Waals surface area contributed by atoms with Gasteiger partial charge in [-0.05, 0) is 19.1 Å². The Morgan fingerprint density at radius 3 is 2.63 bits per heavy atom. The van der Waals surface area contributed by atoms with Crippen LogP contribution in [0.4, 0.5) is 0 Å². The summed E-state index contributed by atoms with van der Waals surface area (Å²) in [4.78, 5) is 8.52. The first kappa shape index (κ1) is 20.6. The predicted octanol–water partition coefficient (Wildman–Crippen LogP) is 3.11. The van der Waals surface area contributed by atoms with Crippen molar-refractivity contribution in [3.63, 3.8) is 0 Å². The number of hydrogen-bond donors (Lipinski definition) is 2. The fourth-order valence-corrected chi connectivity index (χ4v) is 2.31. The van der Waals surface area contributed by atoms with Gasteiger partial charge >= 0.3 is 0 Å². The summed E-state index contributed by atoms with van der Waals surface area (Å²) in [6.45, 7) is 9.32. The van der Waals surface area contributed by atoms with Gasteiger partial charge in [0.25, 0.3) is 0 Å². The first-order chi connectivity index (χ1) is 12.8. The van der Waals surface area contributed by atoms with Gasteiger partial charge in [-0.3, -0.25) is 4.99 Å². The van der Waals surface area contributed by atoms with Gasteiger partial charge in [-0.1, -0.05) is 26.8 Å². The van der Waals surface area contributed by atoms with Crippen LogP contribution >= 0.6 is 0 Å². The van der Waals surface area contributed by atoms with Crippen molar-refractivity contribution in [1.29, 1.82) is 0 Å². The highest BCUT2D eigenvalue weighted by atomic mass is 16.5. The molecule has 2 rings (SSSR count). The van der Waals surface area contributed by atoms with E-state index in [-0.39, 0.29) is 11.5 Å². The Hall–Kier alpha value is -2.70. The van der Waals surface area contributed by atoms with Gasteiger partial charge in [0.15, 0.2) is 5.96 Å². The number of aromatic nitrogens is 1. The van der Waals surface area contributed by atoms with Gasteiger partial charge in [0.1, 0.15) is 23.4 Å². The zero-order chi connectivity index (χ0) is 19.9. The van der Waals surface area contributed by atoms with E-state index >= 15 is 0 Å². The fraction of sp³-hybridized carbons (Fsp3) is 0.500. The molecule has 27 heavy (non-hydrogen) atoms. The monoisotopic (exact) mass is 374 g/mol. The van der Waals surface area contributed by atoms with E-state index in [0.717, 1.165) is 17.3 Å². The number of guanidine groups is 1. The maximum Gasteiger partial charge on any atom is 0.213 e. The zero-order valence-corrected chi connectivity index (χ0v) is 17.0. The highest BCUT2D eigenvalue weighted by Crippen LogP contribution is 2.22. The second-order valence-corrected chi connectivity index (χ2v) is 7.28. The average Bonchev–Trinajstić information content (AvgIpc) is 3.11. The lowest BCUT2D eigenvalue weighted by molar-refractivity contribution is 0.223. The van der Waals surface area contributed by atoms with Gasteiger partial charge in [0.2, 0.25) is 5.89 Å². The van der Waals surface area contributed by atoms with E-state index in [2.05, 4.69) is 41.4 Å². The summed E-state index contributed by atoms with van der Waals surface area (Å²) in [5.74, 6) is 3.68. The van der Waals surface area contributed by atoms with Crippen LogP contribution in [0.25, 0.3) is 0 Å². The predicted molar refractivity (Wildman–Crippen MR) is 106 cm³/mol. The van der Waals surface area contributed by atoms with Crippen molar-refractivity contribution in [3.8, 4) is 11.5 Å². The molecule has 0 fully saturated rings. The Labute approximate surface area is 161 Å². The molecule has 0 aliphatic rings. The van der Waals surface area contributed by atoms with Crippen molar-refractivity contribution < 1.29 is 13.9 Å². The van der Waals surface area contributed by atoms with E-state index in [4.69, 9.17) is 13.9 Å². The van der Waals surface area contributed by atoms with E-state index < -0.39 is 0 Å². The largest absolute Gasteiger partial charge is 0.497 e. The first-order valence-corrected chi connectivity index (χ1v) is 9.02. The molecule has 7 heteroatoms. The van der Waals surface area contributed by atoms with Crippen molar-refractivity contribution in [1.82, 2.24) is 15.6 Å². The van der Waals surface area contributed by atoms with Crippen LogP contribution in [-0.2, 0) is 12.0 Å². The van der Waals surface area contributed by atoms with Crippen molar-refractivity contribution in [2.75, 3.05) is 20.7 Å². The van der Waals surface area contributed by atoms with Gasteiger partial charge in [-0.25, -0.2) is 4.98 Å². The molecule has 0 aliphatic carbocycles. The number of oxazole rings is 1. The molecule has 1 atom stereocenters. The molecule has 148 valence electrons. The number of nitrogens with zero attached hydrogens (tertiary/aromatic N) is 2. The van der Waals surface area contributed by atoms with Crippen molar-refractivity contribution in [2.24, 2.45) is 4.99 Å². The average molecular weight is 374 g/mol. The number of rotatable bonds is 7. The minimum Gasteiger partial charge on any atom is -0.497 e. The summed E-state index contributed by atoms with van der Waals surface area (Å²) in [5, 5.41) is 6.43. The Morgan fingerprint density at radius 2 is 2.00 bits per heavy atom. The number of methoxy groups -OCH3 is 1. The molecule has 1 aromatic carbocycles. The summed E-state index contributed by atoms with van der Waals surface area (Å²) in [7, 11) is 3.36. The van der Waals surface area contributed by atoms with E-state index in [0.29, 0.717) is 24.9 Å². The van der Waals surface area contributed by atoms with E-state index in [1.807, 2.05) is 31.2 Å². The summed E-state index contributed by atoms with van der Waals surface area (Å²) in [6.07, 6.45) is 1.72. The number of hydrogen-bond acceptors (Lipinski definition) is 5. The lowest BCUT2D eigenvalue weighted by Gasteiger charge is -2.18. The maximum atomic E-state index is 5.90. The first-order valence-electron chi connectivity index (χ1n) is 9.02. The van der Waals surface area contributed by atoms with E-state index in [1.54, 1.807) is 20.4 Å². The highest BCUT2D eigenvalue weighted by Gasteiger charge is 2.19. The Morgan fingerprint density at radius 1 is 1.26 bits per heavy atom. The SMILES string of the molecule is CN=C(NCc1ncc(C(C)(C)C)o1)NCC(C)Oc1cccc(OC)c1. The van der Waals surface area contributed by atoms with E-state index in [9.17, 15) is 0 Å². The molecular weight excluding hydrogens is 344 g/mol. The molecule has 0 saturated heterocycles. The molecule has 1 aromatic heterocycles. The smallest absolute Gasteiger partial charge is 0.213 e. The van der Waals surface area contributed by atoms with Gasteiger partial charge < -0.3 is 24.5 Å². The van der Waals surface area contributed by atoms with Gasteiger partial charge in [0.05, 0.1) is 26.4 Å². The second-order valence-electron chi connectivity index (χ2n) is 7.28. The Kier molecular flexibility index (Phi) is 7.10. The van der Waals surface area contributed by atoms with Crippen LogP contribution in [0.15, 0.2) is 39.9 Å². The lowest BCUT2D eigenvalue weighted by atomic mass is 9.94. The molecule has 0 amide bonds. The van der Waals surface area contributed by atoms with Crippen LogP contribution < -0.4 is 20.1 Å². The van der Waals surface area contributed by atoms with Crippen molar-refractivity contribution >= 4 is 5.96 Å². The van der Waals surface area contributed by atoms with Gasteiger partial charge in [-0.2, -0.15) is 0 Å². The molecule has 0 spiro atoms. The van der Waals surface area contributed by atoms with Crippen LogP contribution in [0.3, 0.4) is 0 Å². The minimum atomic E-state index is -0.0575. The molecule has 0 aliphatic heterocycles. The van der Waals surface area contributed by atoms with Crippen LogP contribution in [0, 0.1) is 0 Å².